The number of benzene rings is 1. The van der Waals surface area contributed by atoms with Gasteiger partial charge in [0.15, 0.2) is 5.17 Å². The fourth-order valence-corrected chi connectivity index (χ4v) is 2.69. The number of hydrogen-bond acceptors (Lipinski definition) is 7. The number of esters is 1. The Balaban J connectivity index is 2.14. The Kier molecular flexibility index (Phi) is 6.60. The third-order valence-electron chi connectivity index (χ3n) is 2.78. The van der Waals surface area contributed by atoms with Gasteiger partial charge in [-0.2, -0.15) is 5.10 Å². The molecule has 1 aliphatic heterocycles. The number of hydrogen-bond donors (Lipinski definition) is 1. The number of thioether (sulfide) groups is 1. The first-order chi connectivity index (χ1) is 11.9. The van der Waals surface area contributed by atoms with Crippen LogP contribution in [0.15, 0.2) is 39.4 Å². The van der Waals surface area contributed by atoms with E-state index in [0.29, 0.717) is 16.3 Å². The molecule has 1 aromatic carbocycles. The average Bonchev–Trinajstić information content (AvgIpc) is 2.89. The lowest BCUT2D eigenvalue weighted by Gasteiger charge is -2.12. The summed E-state index contributed by atoms with van der Waals surface area (Å²) in [4.78, 5) is 23.1. The summed E-state index contributed by atoms with van der Waals surface area (Å²) in [6.07, 6.45) is 2.57. The van der Waals surface area contributed by atoms with Crippen molar-refractivity contribution < 1.29 is 19.1 Å². The number of carbonyl (C=O) groups is 2. The summed E-state index contributed by atoms with van der Waals surface area (Å²) in [6, 6.07) is 5.17. The number of rotatable bonds is 5. The summed E-state index contributed by atoms with van der Waals surface area (Å²) in [5, 5.41) is 11.2. The number of amidine groups is 1. The van der Waals surface area contributed by atoms with Crippen molar-refractivity contribution in [1.82, 2.24) is 5.32 Å². The van der Waals surface area contributed by atoms with Gasteiger partial charge in [-0.25, -0.2) is 4.79 Å². The maximum Gasteiger partial charge on any atom is 0.331 e. The van der Waals surface area contributed by atoms with Crippen LogP contribution >= 0.6 is 23.4 Å². The Morgan fingerprint density at radius 3 is 2.84 bits per heavy atom. The lowest BCUT2D eigenvalue weighted by atomic mass is 10.2. The minimum atomic E-state index is -0.614. The summed E-state index contributed by atoms with van der Waals surface area (Å²) in [5.74, 6) is -0.425. The van der Waals surface area contributed by atoms with Crippen LogP contribution in [0.5, 0.6) is 5.75 Å². The van der Waals surface area contributed by atoms with Crippen molar-refractivity contribution in [2.24, 2.45) is 10.2 Å². The standard InChI is InChI=1S/C16H16ClN3O4S/c1-9(2)24-12-5-4-11(17)6-10(12)8-18-20-16-19-15(22)13(25-16)7-14(21)23-3/h4-9H,1-3H3,(H,19,20,22)/b13-7+,18-8?. The van der Waals surface area contributed by atoms with Crippen molar-refractivity contribution in [3.05, 3.63) is 39.8 Å². The van der Waals surface area contributed by atoms with E-state index in [2.05, 4.69) is 20.3 Å². The molecule has 0 aromatic heterocycles. The van der Waals surface area contributed by atoms with Gasteiger partial charge in [0.25, 0.3) is 5.91 Å². The maximum atomic E-state index is 11.7. The monoisotopic (exact) mass is 381 g/mol. The van der Waals surface area contributed by atoms with Crippen molar-refractivity contribution in [2.75, 3.05) is 7.11 Å². The summed E-state index contributed by atoms with van der Waals surface area (Å²) in [5.41, 5.74) is 0.658. The fourth-order valence-electron chi connectivity index (χ4n) is 1.77. The van der Waals surface area contributed by atoms with Crippen LogP contribution in [-0.2, 0) is 14.3 Å². The SMILES string of the molecule is COC(=O)/C=C1/S/C(=N\N=Cc2cc(Cl)ccc2OC(C)C)NC1=O. The van der Waals surface area contributed by atoms with E-state index in [4.69, 9.17) is 16.3 Å². The van der Waals surface area contributed by atoms with E-state index in [1.54, 1.807) is 18.2 Å². The van der Waals surface area contributed by atoms with E-state index >= 15 is 0 Å². The first-order valence-electron chi connectivity index (χ1n) is 7.25. The number of amides is 1. The predicted octanol–water partition coefficient (Wildman–Crippen LogP) is 2.74. The third-order valence-corrected chi connectivity index (χ3v) is 3.92. The minimum absolute atomic E-state index is 0.00432. The largest absolute Gasteiger partial charge is 0.490 e. The summed E-state index contributed by atoms with van der Waals surface area (Å²) >= 11 is 6.99. The second-order valence-corrected chi connectivity index (χ2v) is 6.55. The molecule has 0 saturated carbocycles. The Morgan fingerprint density at radius 1 is 1.40 bits per heavy atom. The van der Waals surface area contributed by atoms with Gasteiger partial charge in [0.1, 0.15) is 5.75 Å². The zero-order valence-corrected chi connectivity index (χ0v) is 15.4. The molecule has 1 N–H and O–H groups in total. The van der Waals surface area contributed by atoms with Crippen LogP contribution in [0.2, 0.25) is 5.02 Å². The number of nitrogens with one attached hydrogen (secondary N) is 1. The number of methoxy groups -OCH3 is 1. The molecule has 0 unspecified atom stereocenters. The van der Waals surface area contributed by atoms with E-state index in [-0.39, 0.29) is 16.2 Å². The molecule has 1 aromatic rings. The molecule has 1 amide bonds. The first-order valence-corrected chi connectivity index (χ1v) is 8.44. The zero-order valence-electron chi connectivity index (χ0n) is 13.8. The maximum absolute atomic E-state index is 11.7. The van der Waals surface area contributed by atoms with Crippen LogP contribution in [0.1, 0.15) is 19.4 Å². The number of halogens is 1. The number of carbonyl (C=O) groups excluding carboxylic acids is 2. The molecule has 7 nitrogen and oxygen atoms in total. The van der Waals surface area contributed by atoms with Gasteiger partial charge >= 0.3 is 5.97 Å². The summed E-state index contributed by atoms with van der Waals surface area (Å²) < 4.78 is 10.2. The second-order valence-electron chi connectivity index (χ2n) is 5.09. The highest BCUT2D eigenvalue weighted by molar-refractivity contribution is 8.18. The Bertz CT molecular complexity index is 775. The van der Waals surface area contributed by atoms with E-state index in [1.165, 1.54) is 13.3 Å². The smallest absolute Gasteiger partial charge is 0.331 e. The molecular formula is C16H16ClN3O4S. The van der Waals surface area contributed by atoms with Crippen LogP contribution in [0.3, 0.4) is 0 Å². The molecule has 0 bridgehead atoms. The van der Waals surface area contributed by atoms with E-state index in [0.717, 1.165) is 17.8 Å². The summed E-state index contributed by atoms with van der Waals surface area (Å²) in [7, 11) is 1.23. The van der Waals surface area contributed by atoms with E-state index in [1.807, 2.05) is 13.8 Å². The fraction of sp³-hybridized carbons (Fsp3) is 0.250. The van der Waals surface area contributed by atoms with E-state index in [9.17, 15) is 9.59 Å². The molecule has 2 rings (SSSR count). The predicted molar refractivity (Wildman–Crippen MR) is 98.1 cm³/mol. The molecule has 1 aliphatic rings. The van der Waals surface area contributed by atoms with Gasteiger partial charge in [0.2, 0.25) is 0 Å². The van der Waals surface area contributed by atoms with Gasteiger partial charge in [-0.15, -0.1) is 5.10 Å². The van der Waals surface area contributed by atoms with Gasteiger partial charge in [-0.3, -0.25) is 10.1 Å². The van der Waals surface area contributed by atoms with Crippen LogP contribution in [-0.4, -0.2) is 36.5 Å². The molecule has 0 aliphatic carbocycles. The highest BCUT2D eigenvalue weighted by Gasteiger charge is 2.25. The van der Waals surface area contributed by atoms with Crippen molar-refractivity contribution in [2.45, 2.75) is 20.0 Å². The summed E-state index contributed by atoms with van der Waals surface area (Å²) in [6.45, 7) is 3.82. The molecule has 1 heterocycles. The molecule has 1 saturated heterocycles. The van der Waals surface area contributed by atoms with Crippen molar-refractivity contribution in [3.8, 4) is 5.75 Å². The van der Waals surface area contributed by atoms with Gasteiger partial charge in [-0.05, 0) is 43.8 Å². The number of ether oxygens (including phenoxy) is 2. The number of nitrogens with zero attached hydrogens (tertiary/aromatic N) is 2. The Hall–Kier alpha value is -2.32. The molecule has 9 heteroatoms. The van der Waals surface area contributed by atoms with Crippen LogP contribution in [0.4, 0.5) is 0 Å². The molecule has 0 radical (unpaired) electrons. The lowest BCUT2D eigenvalue weighted by molar-refractivity contribution is -0.135. The molecule has 0 atom stereocenters. The van der Waals surface area contributed by atoms with Crippen molar-refractivity contribution in [3.63, 3.8) is 0 Å². The highest BCUT2D eigenvalue weighted by atomic mass is 35.5. The molecule has 1 fully saturated rings. The third kappa shape index (κ3) is 5.61. The highest BCUT2D eigenvalue weighted by Crippen LogP contribution is 2.24. The first kappa shape index (κ1) is 19.0. The molecule has 132 valence electrons. The quantitative estimate of drug-likeness (QED) is 0.366. The van der Waals surface area contributed by atoms with Gasteiger partial charge in [-0.1, -0.05) is 11.6 Å². The van der Waals surface area contributed by atoms with Gasteiger partial charge in [0, 0.05) is 16.7 Å². The van der Waals surface area contributed by atoms with Crippen LogP contribution < -0.4 is 10.1 Å². The Labute approximate surface area is 154 Å². The normalized spacial score (nSPS) is 17.6. The Morgan fingerprint density at radius 2 is 2.16 bits per heavy atom. The van der Waals surface area contributed by atoms with Crippen LogP contribution in [0.25, 0.3) is 0 Å². The van der Waals surface area contributed by atoms with Crippen LogP contribution in [0, 0.1) is 0 Å². The van der Waals surface area contributed by atoms with Gasteiger partial charge < -0.3 is 9.47 Å². The zero-order chi connectivity index (χ0) is 18.4. The molecular weight excluding hydrogens is 366 g/mol. The molecule has 0 spiro atoms. The van der Waals surface area contributed by atoms with Crippen molar-refractivity contribution in [1.29, 1.82) is 0 Å². The lowest BCUT2D eigenvalue weighted by Crippen LogP contribution is -2.19. The second kappa shape index (κ2) is 8.68. The average molecular weight is 382 g/mol. The van der Waals surface area contributed by atoms with Crippen molar-refractivity contribution >= 4 is 46.6 Å². The minimum Gasteiger partial charge on any atom is -0.490 e. The molecule has 25 heavy (non-hydrogen) atoms. The van der Waals surface area contributed by atoms with E-state index < -0.39 is 11.9 Å². The van der Waals surface area contributed by atoms with Gasteiger partial charge in [0.05, 0.1) is 24.3 Å². The topological polar surface area (TPSA) is 89.3 Å².